The van der Waals surface area contributed by atoms with Crippen molar-refractivity contribution < 1.29 is 13.5 Å². The van der Waals surface area contributed by atoms with E-state index in [1.807, 2.05) is 0 Å². The Labute approximate surface area is 123 Å². The minimum Gasteiger partial charge on any atom is -0.390 e. The van der Waals surface area contributed by atoms with E-state index in [2.05, 4.69) is 4.98 Å². The van der Waals surface area contributed by atoms with E-state index in [0.29, 0.717) is 25.8 Å². The molecular weight excluding hydrogens is 302 g/mol. The number of aromatic nitrogens is 1. The van der Waals surface area contributed by atoms with Gasteiger partial charge in [-0.15, -0.1) is 0 Å². The molecule has 3 N–H and O–H groups in total. The number of nitrogen functional groups attached to an aromatic ring is 1. The van der Waals surface area contributed by atoms with Crippen LogP contribution in [0, 0.1) is 0 Å². The van der Waals surface area contributed by atoms with Crippen LogP contribution in [0.5, 0.6) is 0 Å². The predicted molar refractivity (Wildman–Crippen MR) is 76.9 cm³/mol. The maximum absolute atomic E-state index is 12.5. The van der Waals surface area contributed by atoms with Gasteiger partial charge in [-0.05, 0) is 32.3 Å². The average molecular weight is 320 g/mol. The normalized spacial score (nSPS) is 25.4. The van der Waals surface area contributed by atoms with Gasteiger partial charge in [-0.25, -0.2) is 13.4 Å². The molecule has 0 aliphatic carbocycles. The van der Waals surface area contributed by atoms with E-state index in [0.717, 1.165) is 0 Å². The van der Waals surface area contributed by atoms with E-state index >= 15 is 0 Å². The molecule has 1 aliphatic rings. The van der Waals surface area contributed by atoms with E-state index < -0.39 is 15.6 Å². The smallest absolute Gasteiger partial charge is 0.244 e. The Kier molecular flexibility index (Phi) is 4.24. The van der Waals surface area contributed by atoms with Gasteiger partial charge < -0.3 is 10.8 Å². The summed E-state index contributed by atoms with van der Waals surface area (Å²) in [4.78, 5) is 3.81. The fourth-order valence-corrected chi connectivity index (χ4v) is 3.88. The fraction of sp³-hybridized carbons (Fsp3) is 0.583. The third-order valence-electron chi connectivity index (χ3n) is 3.50. The highest BCUT2D eigenvalue weighted by Crippen LogP contribution is 2.27. The maximum atomic E-state index is 12.5. The number of sulfonamides is 1. The Hall–Kier alpha value is -0.890. The molecule has 1 aromatic rings. The van der Waals surface area contributed by atoms with Crippen LogP contribution in [0.25, 0.3) is 0 Å². The largest absolute Gasteiger partial charge is 0.390 e. The molecule has 1 unspecified atom stereocenters. The minimum absolute atomic E-state index is 0.0262. The molecule has 2 rings (SSSR count). The standard InChI is InChI=1S/C12H18ClN3O3S/c1-12(17)3-2-5-16(6-4-12)20(18,19)9-7-10(13)11(14)15-8-9/h7-8,17H,2-6H2,1H3,(H2,14,15). The quantitative estimate of drug-likeness (QED) is 0.855. The minimum atomic E-state index is -3.66. The first-order valence-corrected chi connectivity index (χ1v) is 8.18. The Balaban J connectivity index is 2.28. The van der Waals surface area contributed by atoms with Crippen molar-refractivity contribution in [2.75, 3.05) is 18.8 Å². The number of nitrogens with two attached hydrogens (primary N) is 1. The van der Waals surface area contributed by atoms with Crippen molar-refractivity contribution in [2.24, 2.45) is 0 Å². The van der Waals surface area contributed by atoms with Gasteiger partial charge in [-0.3, -0.25) is 0 Å². The van der Waals surface area contributed by atoms with E-state index in [4.69, 9.17) is 17.3 Å². The Morgan fingerprint density at radius 3 is 2.80 bits per heavy atom. The Morgan fingerprint density at radius 2 is 2.15 bits per heavy atom. The van der Waals surface area contributed by atoms with Gasteiger partial charge in [0.1, 0.15) is 10.7 Å². The van der Waals surface area contributed by atoms with Crippen LogP contribution in [0.3, 0.4) is 0 Å². The molecule has 1 atom stereocenters. The number of nitrogens with zero attached hydrogens (tertiary/aromatic N) is 2. The zero-order chi connectivity index (χ0) is 15.0. The summed E-state index contributed by atoms with van der Waals surface area (Å²) in [5.41, 5.74) is 4.67. The lowest BCUT2D eigenvalue weighted by molar-refractivity contribution is 0.0465. The molecule has 20 heavy (non-hydrogen) atoms. The van der Waals surface area contributed by atoms with Gasteiger partial charge in [0.15, 0.2) is 0 Å². The lowest BCUT2D eigenvalue weighted by Crippen LogP contribution is -2.33. The zero-order valence-electron chi connectivity index (χ0n) is 11.2. The van der Waals surface area contributed by atoms with Crippen LogP contribution in [0.2, 0.25) is 5.02 Å². The number of halogens is 1. The van der Waals surface area contributed by atoms with Crippen molar-refractivity contribution in [3.8, 4) is 0 Å². The van der Waals surface area contributed by atoms with Gasteiger partial charge in [0.25, 0.3) is 0 Å². The molecule has 1 aromatic heterocycles. The highest BCUT2D eigenvalue weighted by atomic mass is 35.5. The summed E-state index contributed by atoms with van der Waals surface area (Å²) in [6, 6.07) is 1.31. The molecule has 1 saturated heterocycles. The lowest BCUT2D eigenvalue weighted by atomic mass is 9.98. The number of rotatable bonds is 2. The van der Waals surface area contributed by atoms with Crippen LogP contribution >= 0.6 is 11.6 Å². The second-order valence-corrected chi connectivity index (χ2v) is 7.64. The molecule has 0 saturated carbocycles. The van der Waals surface area contributed by atoms with E-state index in [1.54, 1.807) is 6.92 Å². The lowest BCUT2D eigenvalue weighted by Gasteiger charge is -2.22. The number of anilines is 1. The first kappa shape index (κ1) is 15.5. The topological polar surface area (TPSA) is 96.5 Å². The first-order chi connectivity index (χ1) is 9.22. The summed E-state index contributed by atoms with van der Waals surface area (Å²) in [7, 11) is -3.66. The molecule has 0 amide bonds. The molecule has 1 aliphatic heterocycles. The number of pyridine rings is 1. The molecule has 1 fully saturated rings. The summed E-state index contributed by atoms with van der Waals surface area (Å²) in [6.07, 6.45) is 2.81. The van der Waals surface area contributed by atoms with Gasteiger partial charge >= 0.3 is 0 Å². The van der Waals surface area contributed by atoms with Crippen molar-refractivity contribution >= 4 is 27.4 Å². The summed E-state index contributed by atoms with van der Waals surface area (Å²) in [5, 5.41) is 10.1. The van der Waals surface area contributed by atoms with Gasteiger partial charge in [-0.1, -0.05) is 11.6 Å². The monoisotopic (exact) mass is 319 g/mol. The van der Waals surface area contributed by atoms with Crippen molar-refractivity contribution in [3.63, 3.8) is 0 Å². The van der Waals surface area contributed by atoms with Gasteiger partial charge in [0, 0.05) is 19.3 Å². The molecule has 0 bridgehead atoms. The fourth-order valence-electron chi connectivity index (χ4n) is 2.20. The molecule has 0 spiro atoms. The van der Waals surface area contributed by atoms with Crippen LogP contribution in [0.4, 0.5) is 5.82 Å². The Bertz CT molecular complexity index is 604. The van der Waals surface area contributed by atoms with Crippen molar-refractivity contribution in [1.29, 1.82) is 0 Å². The maximum Gasteiger partial charge on any atom is 0.244 e. The number of aliphatic hydroxyl groups is 1. The number of hydrogen-bond acceptors (Lipinski definition) is 5. The van der Waals surface area contributed by atoms with Crippen LogP contribution in [-0.4, -0.2) is 41.5 Å². The van der Waals surface area contributed by atoms with Crippen LogP contribution < -0.4 is 5.73 Å². The molecule has 0 radical (unpaired) electrons. The van der Waals surface area contributed by atoms with E-state index in [9.17, 15) is 13.5 Å². The van der Waals surface area contributed by atoms with Gasteiger partial charge in [-0.2, -0.15) is 4.31 Å². The second kappa shape index (κ2) is 5.48. The van der Waals surface area contributed by atoms with Gasteiger partial charge in [0.2, 0.25) is 10.0 Å². The third kappa shape index (κ3) is 3.22. The summed E-state index contributed by atoms with van der Waals surface area (Å²) >= 11 is 5.83. The summed E-state index contributed by atoms with van der Waals surface area (Å²) in [5.74, 6) is 0.101. The molecular formula is C12H18ClN3O3S. The highest BCUT2D eigenvalue weighted by Gasteiger charge is 2.31. The molecule has 8 heteroatoms. The summed E-state index contributed by atoms with van der Waals surface area (Å²) < 4.78 is 26.4. The Morgan fingerprint density at radius 1 is 1.45 bits per heavy atom. The van der Waals surface area contributed by atoms with Gasteiger partial charge in [0.05, 0.1) is 10.6 Å². The predicted octanol–water partition coefficient (Wildman–Crippen LogP) is 1.24. The molecule has 0 aromatic carbocycles. The zero-order valence-corrected chi connectivity index (χ0v) is 12.8. The number of hydrogen-bond donors (Lipinski definition) is 2. The summed E-state index contributed by atoms with van der Waals surface area (Å²) in [6.45, 7) is 2.38. The van der Waals surface area contributed by atoms with Crippen LogP contribution in [0.15, 0.2) is 17.2 Å². The van der Waals surface area contributed by atoms with E-state index in [1.165, 1.54) is 16.6 Å². The van der Waals surface area contributed by atoms with Crippen molar-refractivity contribution in [2.45, 2.75) is 36.7 Å². The van der Waals surface area contributed by atoms with Crippen molar-refractivity contribution in [3.05, 3.63) is 17.3 Å². The molecule has 112 valence electrons. The highest BCUT2D eigenvalue weighted by molar-refractivity contribution is 7.89. The second-order valence-electron chi connectivity index (χ2n) is 5.29. The first-order valence-electron chi connectivity index (χ1n) is 6.36. The molecule has 6 nitrogen and oxygen atoms in total. The van der Waals surface area contributed by atoms with E-state index in [-0.39, 0.29) is 22.3 Å². The van der Waals surface area contributed by atoms with Crippen LogP contribution in [-0.2, 0) is 10.0 Å². The molecule has 2 heterocycles. The van der Waals surface area contributed by atoms with Crippen molar-refractivity contribution in [1.82, 2.24) is 9.29 Å². The van der Waals surface area contributed by atoms with Crippen LogP contribution in [0.1, 0.15) is 26.2 Å². The third-order valence-corrected chi connectivity index (χ3v) is 5.67. The SMILES string of the molecule is CC1(O)CCCN(S(=O)(=O)c2cnc(N)c(Cl)c2)CC1. The average Bonchev–Trinajstić information content (AvgIpc) is 2.54.